The fraction of sp³-hybridized carbons (Fsp3) is 0.400. The van der Waals surface area contributed by atoms with Gasteiger partial charge in [0.1, 0.15) is 0 Å². The van der Waals surface area contributed by atoms with Gasteiger partial charge in [-0.1, -0.05) is 13.0 Å². The first-order chi connectivity index (χ1) is 9.86. The van der Waals surface area contributed by atoms with E-state index >= 15 is 0 Å². The van der Waals surface area contributed by atoms with Crippen LogP contribution in [0.5, 0.6) is 0 Å². The molecule has 0 amide bonds. The lowest BCUT2D eigenvalue weighted by Gasteiger charge is -2.20. The second kappa shape index (κ2) is 5.99. The number of carboxylic acid groups (broad SMARTS) is 1. The topological polar surface area (TPSA) is 74.7 Å². The molecule has 5 nitrogen and oxygen atoms in total. The van der Waals surface area contributed by atoms with Gasteiger partial charge in [0.15, 0.2) is 0 Å². The van der Waals surface area contributed by atoms with Crippen LogP contribution < -0.4 is 0 Å². The number of hydrogen-bond donors (Lipinski definition) is 1. The van der Waals surface area contributed by atoms with E-state index in [1.54, 1.807) is 19.1 Å². The summed E-state index contributed by atoms with van der Waals surface area (Å²) >= 11 is 0. The number of rotatable bonds is 6. The van der Waals surface area contributed by atoms with E-state index in [1.165, 1.54) is 16.4 Å². The van der Waals surface area contributed by atoms with Crippen LogP contribution in [0.25, 0.3) is 6.08 Å². The van der Waals surface area contributed by atoms with Crippen molar-refractivity contribution in [2.75, 3.05) is 6.54 Å². The summed E-state index contributed by atoms with van der Waals surface area (Å²) in [6.45, 7) is 4.08. The molecule has 114 valence electrons. The molecule has 0 bridgehead atoms. The Morgan fingerprint density at radius 1 is 1.43 bits per heavy atom. The maximum atomic E-state index is 12.6. The van der Waals surface area contributed by atoms with Crippen LogP contribution in [0.15, 0.2) is 29.2 Å². The van der Waals surface area contributed by atoms with E-state index in [0.29, 0.717) is 12.1 Å². The van der Waals surface area contributed by atoms with Gasteiger partial charge < -0.3 is 5.11 Å². The van der Waals surface area contributed by atoms with Gasteiger partial charge in [-0.2, -0.15) is 4.31 Å². The zero-order valence-corrected chi connectivity index (χ0v) is 12.9. The standard InChI is InChI=1S/C15H19NO4S/c1-3-16(13-6-7-13)21(19,20)14-8-4-12(11(2)10-14)5-9-15(17)18/h4-5,8-10,13H,3,6-7H2,1-2H3,(H,17,18). The third-order valence-electron chi connectivity index (χ3n) is 3.52. The minimum Gasteiger partial charge on any atom is -0.478 e. The van der Waals surface area contributed by atoms with Crippen LogP contribution >= 0.6 is 0 Å². The Kier molecular flexibility index (Phi) is 4.49. The molecule has 1 aromatic rings. The van der Waals surface area contributed by atoms with Gasteiger partial charge in [-0.3, -0.25) is 0 Å². The first-order valence-corrected chi connectivity index (χ1v) is 8.33. The van der Waals surface area contributed by atoms with Crippen LogP contribution in [0.4, 0.5) is 0 Å². The summed E-state index contributed by atoms with van der Waals surface area (Å²) in [6.07, 6.45) is 4.35. The van der Waals surface area contributed by atoms with Crippen LogP contribution in [0.1, 0.15) is 30.9 Å². The third kappa shape index (κ3) is 3.51. The highest BCUT2D eigenvalue weighted by atomic mass is 32.2. The molecular formula is C15H19NO4S. The molecule has 0 aliphatic heterocycles. The number of aryl methyl sites for hydroxylation is 1. The number of benzene rings is 1. The first-order valence-electron chi connectivity index (χ1n) is 6.89. The monoisotopic (exact) mass is 309 g/mol. The van der Waals surface area contributed by atoms with Gasteiger partial charge in [0.2, 0.25) is 10.0 Å². The molecule has 1 N–H and O–H groups in total. The molecule has 0 saturated heterocycles. The Morgan fingerprint density at radius 3 is 2.57 bits per heavy atom. The van der Waals surface area contributed by atoms with Crippen molar-refractivity contribution in [3.05, 3.63) is 35.4 Å². The smallest absolute Gasteiger partial charge is 0.328 e. The maximum absolute atomic E-state index is 12.6. The molecule has 0 atom stereocenters. The third-order valence-corrected chi connectivity index (χ3v) is 5.54. The molecule has 1 aromatic carbocycles. The summed E-state index contributed by atoms with van der Waals surface area (Å²) in [5.41, 5.74) is 1.44. The van der Waals surface area contributed by atoms with E-state index in [4.69, 9.17) is 5.11 Å². The Labute approximate surface area is 124 Å². The second-order valence-electron chi connectivity index (χ2n) is 5.13. The van der Waals surface area contributed by atoms with Crippen molar-refractivity contribution in [2.45, 2.75) is 37.6 Å². The summed E-state index contributed by atoms with van der Waals surface area (Å²) < 4.78 is 26.7. The molecule has 0 unspecified atom stereocenters. The van der Waals surface area contributed by atoms with Gasteiger partial charge in [-0.15, -0.1) is 0 Å². The zero-order valence-electron chi connectivity index (χ0n) is 12.1. The molecular weight excluding hydrogens is 290 g/mol. The van der Waals surface area contributed by atoms with Gasteiger partial charge in [-0.05, 0) is 49.1 Å². The molecule has 0 aromatic heterocycles. The number of hydrogen-bond acceptors (Lipinski definition) is 3. The Bertz CT molecular complexity index is 675. The summed E-state index contributed by atoms with van der Waals surface area (Å²) in [6, 6.07) is 4.91. The van der Waals surface area contributed by atoms with Crippen molar-refractivity contribution < 1.29 is 18.3 Å². The number of aliphatic carboxylic acids is 1. The zero-order chi connectivity index (χ0) is 15.6. The normalized spacial score (nSPS) is 15.8. The molecule has 1 fully saturated rings. The first kappa shape index (κ1) is 15.7. The van der Waals surface area contributed by atoms with Crippen molar-refractivity contribution in [1.82, 2.24) is 4.31 Å². The lowest BCUT2D eigenvalue weighted by Crippen LogP contribution is -2.32. The predicted octanol–water partition coefficient (Wildman–Crippen LogP) is 2.27. The van der Waals surface area contributed by atoms with E-state index in [1.807, 2.05) is 6.92 Å². The lowest BCUT2D eigenvalue weighted by atomic mass is 10.1. The second-order valence-corrected chi connectivity index (χ2v) is 7.02. The minimum absolute atomic E-state index is 0.131. The SMILES string of the molecule is CCN(C1CC1)S(=O)(=O)c1ccc(C=CC(=O)O)c(C)c1. The average molecular weight is 309 g/mol. The highest BCUT2D eigenvalue weighted by Gasteiger charge is 2.36. The predicted molar refractivity (Wildman–Crippen MR) is 80.4 cm³/mol. The summed E-state index contributed by atoms with van der Waals surface area (Å²) in [5, 5.41) is 8.63. The van der Waals surface area contributed by atoms with E-state index in [2.05, 4.69) is 0 Å². The minimum atomic E-state index is -3.47. The molecule has 1 aliphatic rings. The van der Waals surface area contributed by atoms with Gasteiger partial charge in [0.05, 0.1) is 4.90 Å². The molecule has 2 rings (SSSR count). The van der Waals surface area contributed by atoms with Crippen molar-refractivity contribution in [2.24, 2.45) is 0 Å². The molecule has 1 saturated carbocycles. The quantitative estimate of drug-likeness (QED) is 0.818. The average Bonchev–Trinajstić information content (AvgIpc) is 3.22. The highest BCUT2D eigenvalue weighted by Crippen LogP contribution is 2.32. The van der Waals surface area contributed by atoms with E-state index < -0.39 is 16.0 Å². The van der Waals surface area contributed by atoms with Crippen LogP contribution in [0.2, 0.25) is 0 Å². The van der Waals surface area contributed by atoms with E-state index in [-0.39, 0.29) is 10.9 Å². The lowest BCUT2D eigenvalue weighted by molar-refractivity contribution is -0.131. The molecule has 0 radical (unpaired) electrons. The van der Waals surface area contributed by atoms with Gasteiger partial charge in [0, 0.05) is 18.7 Å². The summed E-state index contributed by atoms with van der Waals surface area (Å²) in [4.78, 5) is 10.8. The van der Waals surface area contributed by atoms with E-state index in [0.717, 1.165) is 24.5 Å². The molecule has 1 aliphatic carbocycles. The molecule has 21 heavy (non-hydrogen) atoms. The molecule has 6 heteroatoms. The van der Waals surface area contributed by atoms with Crippen LogP contribution in [-0.4, -0.2) is 36.4 Å². The van der Waals surface area contributed by atoms with Crippen molar-refractivity contribution in [3.8, 4) is 0 Å². The molecule has 0 spiro atoms. The Morgan fingerprint density at radius 2 is 2.10 bits per heavy atom. The number of sulfonamides is 1. The number of carboxylic acids is 1. The van der Waals surface area contributed by atoms with Crippen LogP contribution in [0, 0.1) is 6.92 Å². The Balaban J connectivity index is 2.32. The number of nitrogens with zero attached hydrogens (tertiary/aromatic N) is 1. The summed E-state index contributed by atoms with van der Waals surface area (Å²) in [7, 11) is -3.47. The fourth-order valence-electron chi connectivity index (χ4n) is 2.28. The van der Waals surface area contributed by atoms with Gasteiger partial charge >= 0.3 is 5.97 Å². The van der Waals surface area contributed by atoms with Gasteiger partial charge in [-0.25, -0.2) is 13.2 Å². The van der Waals surface area contributed by atoms with Crippen LogP contribution in [-0.2, 0) is 14.8 Å². The highest BCUT2D eigenvalue weighted by molar-refractivity contribution is 7.89. The van der Waals surface area contributed by atoms with Crippen molar-refractivity contribution >= 4 is 22.1 Å². The van der Waals surface area contributed by atoms with E-state index in [9.17, 15) is 13.2 Å². The van der Waals surface area contributed by atoms with Crippen LogP contribution in [0.3, 0.4) is 0 Å². The van der Waals surface area contributed by atoms with Crippen molar-refractivity contribution in [3.63, 3.8) is 0 Å². The number of carbonyl (C=O) groups is 1. The molecule has 0 heterocycles. The van der Waals surface area contributed by atoms with Gasteiger partial charge in [0.25, 0.3) is 0 Å². The largest absolute Gasteiger partial charge is 0.478 e. The summed E-state index contributed by atoms with van der Waals surface area (Å²) in [5.74, 6) is -1.03. The van der Waals surface area contributed by atoms with Crippen molar-refractivity contribution in [1.29, 1.82) is 0 Å². The Hall–Kier alpha value is -1.66. The maximum Gasteiger partial charge on any atom is 0.328 e. The fourth-order valence-corrected chi connectivity index (χ4v) is 4.06.